The van der Waals surface area contributed by atoms with E-state index in [-0.39, 0.29) is 11.9 Å². The predicted molar refractivity (Wildman–Crippen MR) is 101 cm³/mol. The molecule has 26 heavy (non-hydrogen) atoms. The Morgan fingerprint density at radius 2 is 2.23 bits per heavy atom. The fourth-order valence-corrected chi connectivity index (χ4v) is 3.42. The molecule has 1 fully saturated rings. The van der Waals surface area contributed by atoms with E-state index in [2.05, 4.69) is 26.3 Å². The summed E-state index contributed by atoms with van der Waals surface area (Å²) in [4.78, 5) is 25.3. The van der Waals surface area contributed by atoms with Gasteiger partial charge >= 0.3 is 0 Å². The molecule has 0 radical (unpaired) electrons. The van der Waals surface area contributed by atoms with E-state index >= 15 is 0 Å². The molecule has 6 nitrogen and oxygen atoms in total. The lowest BCUT2D eigenvalue weighted by Crippen LogP contribution is -2.49. The Morgan fingerprint density at radius 1 is 1.31 bits per heavy atom. The first-order valence-electron chi connectivity index (χ1n) is 9.18. The van der Waals surface area contributed by atoms with E-state index in [4.69, 9.17) is 0 Å². The van der Waals surface area contributed by atoms with Crippen LogP contribution in [0, 0.1) is 0 Å². The molecule has 0 aromatic carbocycles. The molecule has 138 valence electrons. The highest BCUT2D eigenvalue weighted by Crippen LogP contribution is 2.13. The summed E-state index contributed by atoms with van der Waals surface area (Å²) in [5.74, 6) is 0.0843. The molecule has 1 N–H and O–H groups in total. The largest absolute Gasteiger partial charge is 0.351 e. The molecule has 1 amide bonds. The zero-order valence-electron chi connectivity index (χ0n) is 15.3. The van der Waals surface area contributed by atoms with Gasteiger partial charge in [0, 0.05) is 44.3 Å². The number of pyridine rings is 2. The van der Waals surface area contributed by atoms with Crippen LogP contribution in [-0.2, 0) is 17.9 Å². The van der Waals surface area contributed by atoms with Gasteiger partial charge in [-0.1, -0.05) is 12.1 Å². The van der Waals surface area contributed by atoms with E-state index in [1.165, 1.54) is 0 Å². The zero-order valence-corrected chi connectivity index (χ0v) is 15.3. The van der Waals surface area contributed by atoms with Crippen molar-refractivity contribution in [3.05, 3.63) is 60.2 Å². The summed E-state index contributed by atoms with van der Waals surface area (Å²) in [6.07, 6.45) is 7.57. The minimum Gasteiger partial charge on any atom is -0.351 e. The van der Waals surface area contributed by atoms with Crippen molar-refractivity contribution in [2.75, 3.05) is 26.7 Å². The molecule has 0 bridgehead atoms. The standard InChI is InChI=1S/C20H27N5O/c1-24(13-17-6-4-9-21-12-17)16-20(26)23-19-8-5-11-25(15-19)14-18-7-2-3-10-22-18/h2-4,6-7,9-10,12,19H,5,8,11,13-16H2,1H3,(H,23,26). The first-order valence-corrected chi connectivity index (χ1v) is 9.18. The van der Waals surface area contributed by atoms with Gasteiger partial charge in [0.15, 0.2) is 0 Å². The number of likely N-dealkylation sites (tertiary alicyclic amines) is 1. The summed E-state index contributed by atoms with van der Waals surface area (Å²) >= 11 is 0. The van der Waals surface area contributed by atoms with Gasteiger partial charge in [-0.3, -0.25) is 24.6 Å². The van der Waals surface area contributed by atoms with Crippen LogP contribution < -0.4 is 5.32 Å². The van der Waals surface area contributed by atoms with E-state index in [9.17, 15) is 4.79 Å². The van der Waals surface area contributed by atoms with Gasteiger partial charge in [0.2, 0.25) is 5.91 Å². The predicted octanol–water partition coefficient (Wildman–Crippen LogP) is 1.69. The van der Waals surface area contributed by atoms with E-state index < -0.39 is 0 Å². The van der Waals surface area contributed by atoms with Crippen molar-refractivity contribution in [1.29, 1.82) is 0 Å². The molecule has 2 aromatic heterocycles. The molecule has 1 aliphatic heterocycles. The number of hydrogen-bond donors (Lipinski definition) is 1. The summed E-state index contributed by atoms with van der Waals surface area (Å²) in [6, 6.07) is 10.2. The van der Waals surface area contributed by atoms with Crippen molar-refractivity contribution in [2.24, 2.45) is 0 Å². The highest BCUT2D eigenvalue weighted by Gasteiger charge is 2.22. The van der Waals surface area contributed by atoms with E-state index in [0.717, 1.165) is 50.3 Å². The van der Waals surface area contributed by atoms with Gasteiger partial charge in [-0.25, -0.2) is 0 Å². The average Bonchev–Trinajstić information content (AvgIpc) is 2.63. The fraction of sp³-hybridized carbons (Fsp3) is 0.450. The Kier molecular flexibility index (Phi) is 6.68. The molecular weight excluding hydrogens is 326 g/mol. The van der Waals surface area contributed by atoms with Crippen LogP contribution in [-0.4, -0.2) is 58.4 Å². The van der Waals surface area contributed by atoms with Gasteiger partial charge in [0.25, 0.3) is 0 Å². The van der Waals surface area contributed by atoms with Crippen molar-refractivity contribution >= 4 is 5.91 Å². The number of amides is 1. The van der Waals surface area contributed by atoms with Gasteiger partial charge in [0.1, 0.15) is 0 Å². The van der Waals surface area contributed by atoms with E-state index in [0.29, 0.717) is 6.54 Å². The summed E-state index contributed by atoms with van der Waals surface area (Å²) in [7, 11) is 1.96. The maximum atomic E-state index is 12.4. The lowest BCUT2D eigenvalue weighted by molar-refractivity contribution is -0.123. The van der Waals surface area contributed by atoms with E-state index in [1.807, 2.05) is 48.6 Å². The summed E-state index contributed by atoms with van der Waals surface area (Å²) in [6.45, 7) is 3.90. The van der Waals surface area contributed by atoms with Crippen LogP contribution in [0.15, 0.2) is 48.9 Å². The topological polar surface area (TPSA) is 61.4 Å². The van der Waals surface area contributed by atoms with Crippen molar-refractivity contribution in [3.8, 4) is 0 Å². The number of nitrogens with zero attached hydrogens (tertiary/aromatic N) is 4. The summed E-state index contributed by atoms with van der Waals surface area (Å²) in [5, 5.41) is 3.19. The van der Waals surface area contributed by atoms with Gasteiger partial charge in [-0.05, 0) is 50.2 Å². The summed E-state index contributed by atoms with van der Waals surface area (Å²) in [5.41, 5.74) is 2.19. The third kappa shape index (κ3) is 5.89. The lowest BCUT2D eigenvalue weighted by atomic mass is 10.1. The summed E-state index contributed by atoms with van der Waals surface area (Å²) < 4.78 is 0. The first kappa shape index (κ1) is 18.5. The minimum atomic E-state index is 0.0843. The molecule has 0 aliphatic carbocycles. The molecular formula is C20H27N5O. The molecule has 1 aliphatic rings. The SMILES string of the molecule is CN(CC(=O)NC1CCCN(Cc2ccccn2)C1)Cc1cccnc1. The molecule has 1 atom stereocenters. The molecule has 1 saturated heterocycles. The third-order valence-electron chi connectivity index (χ3n) is 4.57. The number of likely N-dealkylation sites (N-methyl/N-ethyl adjacent to an activating group) is 1. The second-order valence-electron chi connectivity index (χ2n) is 7.00. The number of carbonyl (C=O) groups is 1. The molecule has 1 unspecified atom stereocenters. The number of nitrogens with one attached hydrogen (secondary N) is 1. The zero-order chi connectivity index (χ0) is 18.2. The Balaban J connectivity index is 1.43. The number of carbonyl (C=O) groups excluding carboxylic acids is 1. The average molecular weight is 353 g/mol. The number of rotatable bonds is 7. The molecule has 3 heterocycles. The fourth-order valence-electron chi connectivity index (χ4n) is 3.42. The van der Waals surface area contributed by atoms with Crippen molar-refractivity contribution in [1.82, 2.24) is 25.1 Å². The molecule has 0 saturated carbocycles. The smallest absolute Gasteiger partial charge is 0.234 e. The van der Waals surface area contributed by atoms with Gasteiger partial charge in [-0.2, -0.15) is 0 Å². The van der Waals surface area contributed by atoms with E-state index in [1.54, 1.807) is 6.20 Å². The monoisotopic (exact) mass is 353 g/mol. The van der Waals surface area contributed by atoms with Crippen molar-refractivity contribution < 1.29 is 4.79 Å². The Hall–Kier alpha value is -2.31. The number of aromatic nitrogens is 2. The maximum Gasteiger partial charge on any atom is 0.234 e. The first-order chi connectivity index (χ1) is 12.7. The van der Waals surface area contributed by atoms with Crippen LogP contribution in [0.25, 0.3) is 0 Å². The van der Waals surface area contributed by atoms with Crippen molar-refractivity contribution in [3.63, 3.8) is 0 Å². The van der Waals surface area contributed by atoms with Crippen LogP contribution in [0.3, 0.4) is 0 Å². The molecule has 6 heteroatoms. The molecule has 0 spiro atoms. The Labute approximate surface area is 155 Å². The third-order valence-corrected chi connectivity index (χ3v) is 4.57. The second kappa shape index (κ2) is 9.40. The highest BCUT2D eigenvalue weighted by atomic mass is 16.2. The lowest BCUT2D eigenvalue weighted by Gasteiger charge is -2.33. The van der Waals surface area contributed by atoms with Crippen molar-refractivity contribution in [2.45, 2.75) is 32.0 Å². The normalized spacial score (nSPS) is 18.0. The Morgan fingerprint density at radius 3 is 3.00 bits per heavy atom. The number of hydrogen-bond acceptors (Lipinski definition) is 5. The maximum absolute atomic E-state index is 12.4. The van der Waals surface area contributed by atoms with Gasteiger partial charge < -0.3 is 5.32 Å². The molecule has 2 aromatic rings. The van der Waals surface area contributed by atoms with Crippen LogP contribution in [0.1, 0.15) is 24.1 Å². The second-order valence-corrected chi connectivity index (χ2v) is 7.00. The quantitative estimate of drug-likeness (QED) is 0.821. The Bertz CT molecular complexity index is 679. The van der Waals surface area contributed by atoms with Crippen LogP contribution in [0.5, 0.6) is 0 Å². The van der Waals surface area contributed by atoms with Gasteiger partial charge in [-0.15, -0.1) is 0 Å². The molecule has 3 rings (SSSR count). The van der Waals surface area contributed by atoms with Crippen LogP contribution in [0.2, 0.25) is 0 Å². The van der Waals surface area contributed by atoms with Gasteiger partial charge in [0.05, 0.1) is 12.2 Å². The van der Waals surface area contributed by atoms with Crippen LogP contribution in [0.4, 0.5) is 0 Å². The van der Waals surface area contributed by atoms with Crippen LogP contribution >= 0.6 is 0 Å². The highest BCUT2D eigenvalue weighted by molar-refractivity contribution is 5.78. The number of piperidine rings is 1. The minimum absolute atomic E-state index is 0.0843.